The first-order valence-corrected chi connectivity index (χ1v) is 10.3. The van der Waals surface area contributed by atoms with E-state index in [9.17, 15) is 0 Å². The first-order chi connectivity index (χ1) is 12.8. The van der Waals surface area contributed by atoms with E-state index in [1.165, 1.54) is 0 Å². The van der Waals surface area contributed by atoms with Crippen molar-refractivity contribution < 1.29 is 23.8 Å². The number of benzene rings is 1. The Morgan fingerprint density at radius 2 is 1.46 bits per heavy atom. The van der Waals surface area contributed by atoms with Gasteiger partial charge in [0.2, 0.25) is 0 Å². The number of methoxy groups -OCH3 is 1. The van der Waals surface area contributed by atoms with E-state index in [2.05, 4.69) is 27.7 Å². The first-order valence-electron chi connectivity index (χ1n) is 9.92. The summed E-state index contributed by atoms with van der Waals surface area (Å²) in [5.74, 6) is -0.701. The summed E-state index contributed by atoms with van der Waals surface area (Å²) in [4.78, 5) is 11.4. The largest absolute Gasteiger partial charge is 0.496 e. The van der Waals surface area contributed by atoms with Crippen LogP contribution in [0.3, 0.4) is 0 Å². The van der Waals surface area contributed by atoms with Gasteiger partial charge < -0.3 is 14.0 Å². The van der Waals surface area contributed by atoms with Crippen LogP contribution < -0.4 is 5.46 Å². The van der Waals surface area contributed by atoms with Crippen molar-refractivity contribution in [3.05, 3.63) is 28.8 Å². The third-order valence-corrected chi connectivity index (χ3v) is 7.04. The minimum Gasteiger partial charge on any atom is -0.399 e. The molecule has 1 atom stereocenters. The molecule has 0 bridgehead atoms. The van der Waals surface area contributed by atoms with Crippen molar-refractivity contribution >= 4 is 24.2 Å². The van der Waals surface area contributed by atoms with Crippen LogP contribution in [0, 0.1) is 11.8 Å². The second-order valence-corrected chi connectivity index (χ2v) is 9.82. The lowest BCUT2D eigenvalue weighted by molar-refractivity contribution is -0.634. The highest BCUT2D eigenvalue weighted by Crippen LogP contribution is 2.56. The number of halogens is 1. The SMILES string of the molecule is COC1(c2ccc(Cl)c(B3OC(C)(C)C(C)(C)O3)c2)OOC1(C(C)C)C(C)C. The van der Waals surface area contributed by atoms with Crippen molar-refractivity contribution in [1.29, 1.82) is 0 Å². The van der Waals surface area contributed by atoms with E-state index < -0.39 is 29.7 Å². The molecular formula is C21H32BClO5. The Labute approximate surface area is 174 Å². The second-order valence-electron chi connectivity index (χ2n) is 9.41. The highest BCUT2D eigenvalue weighted by molar-refractivity contribution is 6.65. The molecule has 1 aromatic carbocycles. The topological polar surface area (TPSA) is 46.2 Å². The zero-order valence-electron chi connectivity index (χ0n) is 18.4. The lowest BCUT2D eigenvalue weighted by atomic mass is 9.68. The zero-order valence-corrected chi connectivity index (χ0v) is 19.1. The van der Waals surface area contributed by atoms with Crippen LogP contribution in [-0.4, -0.2) is 31.0 Å². The quantitative estimate of drug-likeness (QED) is 0.530. The highest BCUT2D eigenvalue weighted by Gasteiger charge is 2.69. The summed E-state index contributed by atoms with van der Waals surface area (Å²) in [6, 6.07) is 5.71. The van der Waals surface area contributed by atoms with Gasteiger partial charge in [0.15, 0.2) is 5.60 Å². The van der Waals surface area contributed by atoms with E-state index in [4.69, 9.17) is 35.4 Å². The molecule has 28 heavy (non-hydrogen) atoms. The van der Waals surface area contributed by atoms with Gasteiger partial charge in [-0.2, -0.15) is 4.89 Å². The van der Waals surface area contributed by atoms with Crippen molar-refractivity contribution in [2.24, 2.45) is 11.8 Å². The van der Waals surface area contributed by atoms with Gasteiger partial charge in [-0.1, -0.05) is 51.4 Å². The average Bonchev–Trinajstić information content (AvgIpc) is 2.76. The van der Waals surface area contributed by atoms with Gasteiger partial charge in [-0.25, -0.2) is 4.89 Å². The summed E-state index contributed by atoms with van der Waals surface area (Å²) in [6.07, 6.45) is 0. The highest BCUT2D eigenvalue weighted by atomic mass is 35.5. The van der Waals surface area contributed by atoms with Crippen LogP contribution >= 0.6 is 11.6 Å². The number of ether oxygens (including phenoxy) is 1. The van der Waals surface area contributed by atoms with E-state index in [1.54, 1.807) is 7.11 Å². The van der Waals surface area contributed by atoms with E-state index in [0.29, 0.717) is 5.02 Å². The summed E-state index contributed by atoms with van der Waals surface area (Å²) in [6.45, 7) is 16.5. The van der Waals surface area contributed by atoms with Crippen molar-refractivity contribution in [3.63, 3.8) is 0 Å². The van der Waals surface area contributed by atoms with Gasteiger partial charge in [-0.15, -0.1) is 0 Å². The summed E-state index contributed by atoms with van der Waals surface area (Å²) in [7, 11) is 1.07. The monoisotopic (exact) mass is 410 g/mol. The molecule has 0 radical (unpaired) electrons. The van der Waals surface area contributed by atoms with Gasteiger partial charge in [0.05, 0.1) is 11.2 Å². The predicted molar refractivity (Wildman–Crippen MR) is 110 cm³/mol. The van der Waals surface area contributed by atoms with Crippen LogP contribution in [0.15, 0.2) is 18.2 Å². The Hall–Kier alpha value is -0.625. The molecule has 0 aromatic heterocycles. The molecule has 2 fully saturated rings. The van der Waals surface area contributed by atoms with Gasteiger partial charge in [-0.3, -0.25) is 0 Å². The molecule has 1 aromatic rings. The second kappa shape index (κ2) is 6.97. The Balaban J connectivity index is 2.07. The normalized spacial score (nSPS) is 28.1. The number of hydrogen-bond acceptors (Lipinski definition) is 5. The maximum atomic E-state index is 6.54. The van der Waals surface area contributed by atoms with Crippen LogP contribution in [0.2, 0.25) is 5.02 Å². The van der Waals surface area contributed by atoms with Crippen molar-refractivity contribution in [3.8, 4) is 0 Å². The Bertz CT molecular complexity index is 720. The summed E-state index contributed by atoms with van der Waals surface area (Å²) in [5, 5.41) is 0.577. The average molecular weight is 411 g/mol. The molecule has 7 heteroatoms. The molecule has 0 aliphatic carbocycles. The fraction of sp³-hybridized carbons (Fsp3) is 0.714. The summed E-state index contributed by atoms with van der Waals surface area (Å²) in [5.41, 5.74) is 0.0593. The standard InChI is InChI=1S/C21H32BClO5/c1-13(2)20(14(3)4)21(24-9,28-27-20)15-10-11-17(23)16(12-15)22-25-18(5,6)19(7,8)26-22/h10-14H,1-9H3. The molecule has 2 heterocycles. The molecule has 0 amide bonds. The number of hydrogen-bond donors (Lipinski definition) is 0. The molecule has 2 aliphatic rings. The lowest BCUT2D eigenvalue weighted by Crippen LogP contribution is -2.71. The van der Waals surface area contributed by atoms with Crippen molar-refractivity contribution in [2.75, 3.05) is 7.11 Å². The molecule has 0 spiro atoms. The summed E-state index contributed by atoms with van der Waals surface area (Å²) < 4.78 is 18.4. The van der Waals surface area contributed by atoms with Gasteiger partial charge in [0.1, 0.15) is 0 Å². The molecule has 3 rings (SSSR count). The van der Waals surface area contributed by atoms with Gasteiger partial charge >= 0.3 is 7.12 Å². The van der Waals surface area contributed by atoms with Gasteiger partial charge in [-0.05, 0) is 45.6 Å². The first kappa shape index (κ1) is 22.1. The van der Waals surface area contributed by atoms with E-state index in [1.807, 2.05) is 45.9 Å². The summed E-state index contributed by atoms with van der Waals surface area (Å²) >= 11 is 6.54. The minimum atomic E-state index is -1.03. The lowest BCUT2D eigenvalue weighted by Gasteiger charge is -2.59. The smallest absolute Gasteiger partial charge is 0.399 e. The van der Waals surface area contributed by atoms with Crippen LogP contribution in [-0.2, 0) is 29.6 Å². The third-order valence-electron chi connectivity index (χ3n) is 6.70. The van der Waals surface area contributed by atoms with E-state index in [-0.39, 0.29) is 11.8 Å². The third kappa shape index (κ3) is 2.88. The Morgan fingerprint density at radius 3 is 1.86 bits per heavy atom. The maximum Gasteiger partial charge on any atom is 0.496 e. The molecule has 0 saturated carbocycles. The van der Waals surface area contributed by atoms with Crippen LogP contribution in [0.5, 0.6) is 0 Å². The van der Waals surface area contributed by atoms with Crippen molar-refractivity contribution in [1.82, 2.24) is 0 Å². The van der Waals surface area contributed by atoms with Crippen LogP contribution in [0.4, 0.5) is 0 Å². The Kier molecular flexibility index (Phi) is 5.49. The molecule has 156 valence electrons. The van der Waals surface area contributed by atoms with Crippen LogP contribution in [0.1, 0.15) is 61.0 Å². The van der Waals surface area contributed by atoms with Gasteiger partial charge in [0, 0.05) is 23.2 Å². The van der Waals surface area contributed by atoms with E-state index in [0.717, 1.165) is 11.0 Å². The fourth-order valence-electron chi connectivity index (χ4n) is 4.32. The van der Waals surface area contributed by atoms with E-state index >= 15 is 0 Å². The molecular weight excluding hydrogens is 378 g/mol. The van der Waals surface area contributed by atoms with Crippen molar-refractivity contribution in [2.45, 2.75) is 78.0 Å². The molecule has 0 N–H and O–H groups in total. The molecule has 1 unspecified atom stereocenters. The fourth-order valence-corrected chi connectivity index (χ4v) is 4.52. The van der Waals surface area contributed by atoms with Gasteiger partial charge in [0.25, 0.3) is 5.79 Å². The predicted octanol–water partition coefficient (Wildman–Crippen LogP) is 4.45. The minimum absolute atomic E-state index is 0.164. The number of rotatable bonds is 5. The Morgan fingerprint density at radius 1 is 0.929 bits per heavy atom. The molecule has 2 saturated heterocycles. The zero-order chi connectivity index (χ0) is 21.1. The maximum absolute atomic E-state index is 6.54. The molecule has 5 nitrogen and oxygen atoms in total. The van der Waals surface area contributed by atoms with Crippen LogP contribution in [0.25, 0.3) is 0 Å². The molecule has 2 aliphatic heterocycles.